The van der Waals surface area contributed by atoms with Crippen LogP contribution in [0.1, 0.15) is 33.9 Å². The first-order valence-electron chi connectivity index (χ1n) is 13.0. The summed E-state index contributed by atoms with van der Waals surface area (Å²) in [5.74, 6) is 0.601. The highest BCUT2D eigenvalue weighted by atomic mass is 16.5. The lowest BCUT2D eigenvalue weighted by Crippen LogP contribution is -2.04. The van der Waals surface area contributed by atoms with Gasteiger partial charge in [-0.2, -0.15) is 5.10 Å². The molecule has 2 N–H and O–H groups in total. The van der Waals surface area contributed by atoms with Gasteiger partial charge < -0.3 is 14.8 Å². The summed E-state index contributed by atoms with van der Waals surface area (Å²) in [6, 6.07) is 25.8. The number of carboxylic acid groups (broad SMARTS) is 1. The Labute approximate surface area is 225 Å². The van der Waals surface area contributed by atoms with Gasteiger partial charge in [0, 0.05) is 28.1 Å². The maximum absolute atomic E-state index is 12.3. The molecule has 6 rings (SSSR count). The zero-order chi connectivity index (χ0) is 26.9. The van der Waals surface area contributed by atoms with Gasteiger partial charge in [0.15, 0.2) is 5.82 Å². The van der Waals surface area contributed by atoms with Crippen molar-refractivity contribution in [3.8, 4) is 22.7 Å². The van der Waals surface area contributed by atoms with E-state index in [1.807, 2.05) is 85.3 Å². The molecule has 39 heavy (non-hydrogen) atoms. The largest absolute Gasteiger partial charge is 0.493 e. The lowest BCUT2D eigenvalue weighted by Gasteiger charge is -2.09. The van der Waals surface area contributed by atoms with E-state index >= 15 is 0 Å². The van der Waals surface area contributed by atoms with Crippen LogP contribution in [0.5, 0.6) is 5.75 Å². The van der Waals surface area contributed by atoms with E-state index in [-0.39, 0.29) is 5.69 Å². The third kappa shape index (κ3) is 4.42. The summed E-state index contributed by atoms with van der Waals surface area (Å²) < 4.78 is 7.95. The van der Waals surface area contributed by atoms with Crippen LogP contribution >= 0.6 is 0 Å². The summed E-state index contributed by atoms with van der Waals surface area (Å²) in [6.07, 6.45) is 2.99. The number of fused-ring (bicyclic) bond motifs is 2. The number of para-hydroxylation sites is 1. The molecule has 0 bridgehead atoms. The molecule has 0 amide bonds. The fourth-order valence-electron chi connectivity index (χ4n) is 5.41. The first-order chi connectivity index (χ1) is 19.0. The number of aromatic amines is 1. The molecule has 7 nitrogen and oxygen atoms in total. The van der Waals surface area contributed by atoms with Crippen molar-refractivity contribution in [2.75, 3.05) is 6.61 Å². The molecule has 3 aromatic heterocycles. The van der Waals surface area contributed by atoms with E-state index in [0.717, 1.165) is 61.3 Å². The number of carboxylic acids is 1. The Morgan fingerprint density at radius 1 is 0.949 bits per heavy atom. The zero-order valence-electron chi connectivity index (χ0n) is 21.8. The predicted molar refractivity (Wildman–Crippen MR) is 153 cm³/mol. The molecule has 0 saturated carbocycles. The quantitative estimate of drug-likeness (QED) is 0.215. The first-order valence-corrected chi connectivity index (χ1v) is 13.0. The van der Waals surface area contributed by atoms with Gasteiger partial charge in [-0.05, 0) is 55.8 Å². The van der Waals surface area contributed by atoms with Gasteiger partial charge in [-0.1, -0.05) is 60.7 Å². The third-order valence-corrected chi connectivity index (χ3v) is 7.16. The molecular formula is C32H28N4O3. The van der Waals surface area contributed by atoms with E-state index in [2.05, 4.69) is 22.1 Å². The topological polar surface area (TPSA) is 93.0 Å². The number of benzene rings is 3. The average Bonchev–Trinajstić information content (AvgIpc) is 3.48. The lowest BCUT2D eigenvalue weighted by atomic mass is 9.98. The molecule has 0 fully saturated rings. The number of rotatable bonds is 8. The minimum atomic E-state index is -0.972. The van der Waals surface area contributed by atoms with Crippen molar-refractivity contribution < 1.29 is 14.6 Å². The first kappa shape index (κ1) is 24.4. The summed E-state index contributed by atoms with van der Waals surface area (Å²) in [4.78, 5) is 19.9. The van der Waals surface area contributed by atoms with Gasteiger partial charge in [0.1, 0.15) is 11.4 Å². The molecule has 0 aliphatic heterocycles. The molecule has 0 aliphatic carbocycles. The number of aromatic nitrogens is 4. The number of hydrogen-bond acceptors (Lipinski definition) is 4. The fourth-order valence-corrected chi connectivity index (χ4v) is 5.41. The van der Waals surface area contributed by atoms with E-state index in [0.29, 0.717) is 19.4 Å². The molecule has 0 saturated heterocycles. The molecular weight excluding hydrogens is 488 g/mol. The number of aryl methyl sites for hydroxylation is 2. The molecule has 0 spiro atoms. The van der Waals surface area contributed by atoms with Crippen LogP contribution in [-0.4, -0.2) is 37.4 Å². The van der Waals surface area contributed by atoms with E-state index in [1.165, 1.54) is 0 Å². The second kappa shape index (κ2) is 10.1. The van der Waals surface area contributed by atoms with Crippen LogP contribution in [0.2, 0.25) is 0 Å². The molecule has 3 heterocycles. The van der Waals surface area contributed by atoms with Crippen molar-refractivity contribution >= 4 is 27.6 Å². The molecule has 0 aliphatic rings. The van der Waals surface area contributed by atoms with Gasteiger partial charge in [-0.25, -0.2) is 14.5 Å². The SMILES string of the molecule is Cc1nn(-c2ccccn2)c(C)c1-c1cccc2c(CCCOc3cccc4ccccc34)c(C(=O)O)[nH]c12. The van der Waals surface area contributed by atoms with Gasteiger partial charge in [0.25, 0.3) is 0 Å². The number of carbonyl (C=O) groups is 1. The molecule has 194 valence electrons. The van der Waals surface area contributed by atoms with Crippen molar-refractivity contribution in [2.45, 2.75) is 26.7 Å². The number of ether oxygens (including phenoxy) is 1. The van der Waals surface area contributed by atoms with E-state index in [4.69, 9.17) is 9.84 Å². The number of H-pyrrole nitrogens is 1. The maximum Gasteiger partial charge on any atom is 0.352 e. The Hall–Kier alpha value is -4.91. The van der Waals surface area contributed by atoms with Gasteiger partial charge in [0.2, 0.25) is 0 Å². The smallest absolute Gasteiger partial charge is 0.352 e. The number of pyridine rings is 1. The Balaban J connectivity index is 1.32. The van der Waals surface area contributed by atoms with Gasteiger partial charge in [0.05, 0.1) is 23.5 Å². The predicted octanol–water partition coefficient (Wildman–Crippen LogP) is 6.90. The average molecular weight is 517 g/mol. The molecule has 6 aromatic rings. The minimum Gasteiger partial charge on any atom is -0.493 e. The standard InChI is InChI=1S/C32H28N4O3/c1-20-29(21(2)36(35-20)28-17-5-6-18-33-28)26-14-8-13-24-25(31(32(37)38)34-30(24)26)15-9-19-39-27-16-7-11-22-10-3-4-12-23(22)27/h3-8,10-14,16-18,34H,9,15,19H2,1-2H3,(H,37,38). The van der Waals surface area contributed by atoms with Gasteiger partial charge in [-0.15, -0.1) is 0 Å². The number of nitrogens with one attached hydrogen (secondary N) is 1. The van der Waals surface area contributed by atoms with Crippen molar-refractivity contribution in [3.63, 3.8) is 0 Å². The molecule has 0 atom stereocenters. The molecule has 7 heteroatoms. The van der Waals surface area contributed by atoms with E-state index < -0.39 is 5.97 Å². The third-order valence-electron chi connectivity index (χ3n) is 7.16. The summed E-state index contributed by atoms with van der Waals surface area (Å²) in [5, 5.41) is 17.9. The summed E-state index contributed by atoms with van der Waals surface area (Å²) in [6.45, 7) is 4.46. The lowest BCUT2D eigenvalue weighted by molar-refractivity contribution is 0.0690. The van der Waals surface area contributed by atoms with Crippen LogP contribution in [-0.2, 0) is 6.42 Å². The highest BCUT2D eigenvalue weighted by Gasteiger charge is 2.22. The van der Waals surface area contributed by atoms with Gasteiger partial charge in [-0.3, -0.25) is 0 Å². The van der Waals surface area contributed by atoms with Crippen molar-refractivity contribution in [1.82, 2.24) is 19.7 Å². The Morgan fingerprint density at radius 3 is 2.54 bits per heavy atom. The zero-order valence-corrected chi connectivity index (χ0v) is 21.8. The Kier molecular flexibility index (Phi) is 6.32. The fraction of sp³-hybridized carbons (Fsp3) is 0.156. The monoisotopic (exact) mass is 516 g/mol. The highest BCUT2D eigenvalue weighted by Crippen LogP contribution is 2.36. The summed E-state index contributed by atoms with van der Waals surface area (Å²) in [5.41, 5.74) is 5.48. The minimum absolute atomic E-state index is 0.218. The van der Waals surface area contributed by atoms with Crippen molar-refractivity contribution in [1.29, 1.82) is 0 Å². The van der Waals surface area contributed by atoms with E-state index in [1.54, 1.807) is 6.20 Å². The highest BCUT2D eigenvalue weighted by molar-refractivity contribution is 6.03. The second-order valence-electron chi connectivity index (χ2n) is 9.59. The van der Waals surface area contributed by atoms with Crippen LogP contribution in [0.4, 0.5) is 0 Å². The number of nitrogens with zero attached hydrogens (tertiary/aromatic N) is 3. The number of hydrogen-bond donors (Lipinski definition) is 2. The van der Waals surface area contributed by atoms with E-state index in [9.17, 15) is 9.90 Å². The number of aromatic carboxylic acids is 1. The van der Waals surface area contributed by atoms with Crippen LogP contribution in [0.25, 0.3) is 38.6 Å². The van der Waals surface area contributed by atoms with Crippen LogP contribution in [0, 0.1) is 13.8 Å². The summed E-state index contributed by atoms with van der Waals surface area (Å²) >= 11 is 0. The van der Waals surface area contributed by atoms with Crippen LogP contribution in [0.3, 0.4) is 0 Å². The van der Waals surface area contributed by atoms with Crippen LogP contribution < -0.4 is 4.74 Å². The molecule has 3 aromatic carbocycles. The Bertz CT molecular complexity index is 1810. The normalized spacial score (nSPS) is 11.3. The molecule has 0 radical (unpaired) electrons. The summed E-state index contributed by atoms with van der Waals surface area (Å²) in [7, 11) is 0. The molecule has 0 unspecified atom stereocenters. The Morgan fingerprint density at radius 2 is 1.72 bits per heavy atom. The second-order valence-corrected chi connectivity index (χ2v) is 9.59. The van der Waals surface area contributed by atoms with Gasteiger partial charge >= 0.3 is 5.97 Å². The maximum atomic E-state index is 12.3. The van der Waals surface area contributed by atoms with Crippen molar-refractivity contribution in [3.05, 3.63) is 108 Å². The van der Waals surface area contributed by atoms with Crippen molar-refractivity contribution in [2.24, 2.45) is 0 Å². The van der Waals surface area contributed by atoms with Crippen LogP contribution in [0.15, 0.2) is 85.1 Å².